The number of hydrogen-bond acceptors (Lipinski definition) is 6. The Morgan fingerprint density at radius 2 is 2.00 bits per heavy atom. The first kappa shape index (κ1) is 19.8. The maximum atomic E-state index is 12.5. The number of amides is 1. The molecule has 0 fully saturated rings. The van der Waals surface area contributed by atoms with Gasteiger partial charge in [0.2, 0.25) is 0 Å². The molecule has 0 radical (unpaired) electrons. The van der Waals surface area contributed by atoms with Crippen LogP contribution in [0.4, 0.5) is 17.1 Å². The molecule has 0 aliphatic carbocycles. The molecule has 0 saturated heterocycles. The van der Waals surface area contributed by atoms with Crippen molar-refractivity contribution in [2.75, 3.05) is 29.5 Å². The number of carbonyl (C=O) groups excluding carboxylic acids is 1. The Labute approximate surface area is 185 Å². The first-order valence-corrected chi connectivity index (χ1v) is 11.4. The highest BCUT2D eigenvalue weighted by molar-refractivity contribution is 7.09. The van der Waals surface area contributed by atoms with Gasteiger partial charge >= 0.3 is 0 Å². The number of carbonyl (C=O) groups is 1. The molecule has 2 aliphatic rings. The van der Waals surface area contributed by atoms with Crippen molar-refractivity contribution in [2.45, 2.75) is 26.3 Å². The number of nitrogens with one attached hydrogen (secondary N) is 2. The minimum Gasteiger partial charge on any atom is -0.399 e. The largest absolute Gasteiger partial charge is 0.399 e. The molecule has 2 aromatic carbocycles. The molecular weight excluding hydrogens is 406 g/mol. The van der Waals surface area contributed by atoms with Crippen molar-refractivity contribution in [3.63, 3.8) is 0 Å². The zero-order valence-electron chi connectivity index (χ0n) is 17.4. The van der Waals surface area contributed by atoms with Gasteiger partial charge in [-0.25, -0.2) is 4.98 Å². The van der Waals surface area contributed by atoms with Crippen LogP contribution in [0.1, 0.15) is 28.6 Å². The molecule has 4 N–H and O–H groups in total. The summed E-state index contributed by atoms with van der Waals surface area (Å²) in [6, 6.07) is 13.9. The monoisotopic (exact) mass is 431 g/mol. The van der Waals surface area contributed by atoms with E-state index in [1.165, 1.54) is 16.1 Å². The summed E-state index contributed by atoms with van der Waals surface area (Å²) < 4.78 is 0. The fourth-order valence-corrected chi connectivity index (χ4v) is 5.09. The van der Waals surface area contributed by atoms with Crippen LogP contribution in [0.25, 0.3) is 5.57 Å². The van der Waals surface area contributed by atoms with Gasteiger partial charge in [-0.05, 0) is 49.2 Å². The molecule has 0 atom stereocenters. The SMILES string of the molecule is C/C(Nc1ccc(CN2CCc3ncsc3CC2)cc1)=C1/C(=O)Nc2ccc(N)cc21. The van der Waals surface area contributed by atoms with Gasteiger partial charge in [-0.1, -0.05) is 12.1 Å². The van der Waals surface area contributed by atoms with Crippen LogP contribution < -0.4 is 16.4 Å². The normalized spacial score (nSPS) is 17.5. The van der Waals surface area contributed by atoms with Crippen LogP contribution in [0.15, 0.2) is 53.7 Å². The lowest BCUT2D eigenvalue weighted by atomic mass is 10.0. The number of thiazole rings is 1. The number of nitrogen functional groups attached to an aromatic ring is 1. The third-order valence-corrected chi connectivity index (χ3v) is 6.84. The van der Waals surface area contributed by atoms with E-state index in [1.807, 2.05) is 24.6 Å². The van der Waals surface area contributed by atoms with E-state index >= 15 is 0 Å². The van der Waals surface area contributed by atoms with Gasteiger partial charge in [0.25, 0.3) is 5.91 Å². The van der Waals surface area contributed by atoms with Crippen LogP contribution in [0, 0.1) is 0 Å². The molecule has 1 aromatic heterocycles. The lowest BCUT2D eigenvalue weighted by molar-refractivity contribution is -0.110. The van der Waals surface area contributed by atoms with Crippen molar-refractivity contribution in [3.05, 3.63) is 75.4 Å². The molecule has 3 heterocycles. The van der Waals surface area contributed by atoms with Crippen molar-refractivity contribution in [2.24, 2.45) is 0 Å². The predicted octanol–water partition coefficient (Wildman–Crippen LogP) is 4.12. The van der Waals surface area contributed by atoms with E-state index in [1.54, 1.807) is 17.4 Å². The van der Waals surface area contributed by atoms with E-state index < -0.39 is 0 Å². The molecule has 0 saturated carbocycles. The van der Waals surface area contributed by atoms with Gasteiger partial charge in [0, 0.05) is 59.3 Å². The third kappa shape index (κ3) is 4.06. The zero-order chi connectivity index (χ0) is 21.4. The standard InChI is InChI=1S/C24H25N5OS/c1-15(23-19-12-17(25)4-7-20(19)28-24(23)30)27-18-5-2-16(3-6-18)13-29-10-8-21-22(9-11-29)31-14-26-21/h2-7,12,14,27H,8-11,13,25H2,1H3,(H,28,30)/b23-15-. The van der Waals surface area contributed by atoms with Crippen LogP contribution in [0.5, 0.6) is 0 Å². The summed E-state index contributed by atoms with van der Waals surface area (Å²) in [4.78, 5) is 20.9. The highest BCUT2D eigenvalue weighted by Gasteiger charge is 2.26. The number of rotatable bonds is 4. The van der Waals surface area contributed by atoms with Crippen molar-refractivity contribution in [1.82, 2.24) is 9.88 Å². The van der Waals surface area contributed by atoms with Gasteiger partial charge in [0.1, 0.15) is 0 Å². The number of nitrogens with zero attached hydrogens (tertiary/aromatic N) is 2. The number of allylic oxidation sites excluding steroid dienone is 1. The Kier molecular flexibility index (Phi) is 5.21. The van der Waals surface area contributed by atoms with Gasteiger partial charge < -0.3 is 16.4 Å². The Bertz CT molecular complexity index is 1140. The second kappa shape index (κ2) is 8.17. The molecule has 158 valence electrons. The van der Waals surface area contributed by atoms with Crippen LogP contribution >= 0.6 is 11.3 Å². The molecule has 0 bridgehead atoms. The lowest BCUT2D eigenvalue weighted by Crippen LogP contribution is -2.25. The molecule has 0 spiro atoms. The molecule has 6 nitrogen and oxygen atoms in total. The summed E-state index contributed by atoms with van der Waals surface area (Å²) >= 11 is 1.78. The summed E-state index contributed by atoms with van der Waals surface area (Å²) in [6.45, 7) is 4.97. The van der Waals surface area contributed by atoms with E-state index in [0.29, 0.717) is 11.3 Å². The smallest absolute Gasteiger partial charge is 0.258 e. The Morgan fingerprint density at radius 3 is 2.84 bits per heavy atom. The van der Waals surface area contributed by atoms with Crippen molar-refractivity contribution in [1.29, 1.82) is 0 Å². The quantitative estimate of drug-likeness (QED) is 0.428. The molecule has 1 amide bonds. The first-order chi connectivity index (χ1) is 15.1. The Morgan fingerprint density at radius 1 is 1.19 bits per heavy atom. The van der Waals surface area contributed by atoms with Crippen LogP contribution in [-0.4, -0.2) is 28.9 Å². The molecule has 2 aliphatic heterocycles. The number of nitrogens with two attached hydrogens (primary N) is 1. The maximum Gasteiger partial charge on any atom is 0.258 e. The maximum absolute atomic E-state index is 12.5. The van der Waals surface area contributed by atoms with Gasteiger partial charge in [0.15, 0.2) is 0 Å². The number of hydrogen-bond donors (Lipinski definition) is 3. The highest BCUT2D eigenvalue weighted by Crippen LogP contribution is 2.35. The first-order valence-electron chi connectivity index (χ1n) is 10.5. The molecule has 31 heavy (non-hydrogen) atoms. The predicted molar refractivity (Wildman–Crippen MR) is 127 cm³/mol. The average molecular weight is 432 g/mol. The Balaban J connectivity index is 1.27. The number of fused-ring (bicyclic) bond motifs is 2. The molecule has 0 unspecified atom stereocenters. The molecular formula is C24H25N5OS. The third-order valence-electron chi connectivity index (χ3n) is 5.90. The van der Waals surface area contributed by atoms with E-state index in [0.717, 1.165) is 55.1 Å². The molecule has 7 heteroatoms. The topological polar surface area (TPSA) is 83.3 Å². The van der Waals surface area contributed by atoms with Crippen LogP contribution in [0.3, 0.4) is 0 Å². The van der Waals surface area contributed by atoms with Gasteiger partial charge in [-0.3, -0.25) is 9.69 Å². The van der Waals surface area contributed by atoms with Crippen LogP contribution in [-0.2, 0) is 24.2 Å². The number of benzene rings is 2. The van der Waals surface area contributed by atoms with E-state index in [2.05, 4.69) is 44.8 Å². The Hall–Kier alpha value is -3.16. The summed E-state index contributed by atoms with van der Waals surface area (Å²) in [5, 5.41) is 6.29. The van der Waals surface area contributed by atoms with E-state index in [9.17, 15) is 4.79 Å². The fourth-order valence-electron chi connectivity index (χ4n) is 4.28. The van der Waals surface area contributed by atoms with E-state index in [-0.39, 0.29) is 5.91 Å². The van der Waals surface area contributed by atoms with Crippen molar-refractivity contribution >= 4 is 39.9 Å². The number of anilines is 3. The second-order valence-corrected chi connectivity index (χ2v) is 9.02. The molecule has 3 aromatic rings. The average Bonchev–Trinajstić information content (AvgIpc) is 3.28. The minimum absolute atomic E-state index is 0.105. The zero-order valence-corrected chi connectivity index (χ0v) is 18.3. The fraction of sp³-hybridized carbons (Fsp3) is 0.250. The van der Waals surface area contributed by atoms with Crippen molar-refractivity contribution in [3.8, 4) is 0 Å². The summed E-state index contributed by atoms with van der Waals surface area (Å²) in [6.07, 6.45) is 2.11. The highest BCUT2D eigenvalue weighted by atomic mass is 32.1. The van der Waals surface area contributed by atoms with Gasteiger partial charge in [0.05, 0.1) is 16.8 Å². The number of aromatic nitrogens is 1. The molecule has 5 rings (SSSR count). The minimum atomic E-state index is -0.105. The summed E-state index contributed by atoms with van der Waals surface area (Å²) in [5.74, 6) is -0.105. The van der Waals surface area contributed by atoms with Gasteiger partial charge in [-0.15, -0.1) is 11.3 Å². The summed E-state index contributed by atoms with van der Waals surface area (Å²) in [5.41, 5.74) is 15.1. The van der Waals surface area contributed by atoms with E-state index in [4.69, 9.17) is 5.73 Å². The van der Waals surface area contributed by atoms with Crippen LogP contribution in [0.2, 0.25) is 0 Å². The summed E-state index contributed by atoms with van der Waals surface area (Å²) in [7, 11) is 0. The second-order valence-electron chi connectivity index (χ2n) is 8.08. The van der Waals surface area contributed by atoms with Crippen molar-refractivity contribution < 1.29 is 4.79 Å². The lowest BCUT2D eigenvalue weighted by Gasteiger charge is -2.20. The van der Waals surface area contributed by atoms with Gasteiger partial charge in [-0.2, -0.15) is 0 Å².